The summed E-state index contributed by atoms with van der Waals surface area (Å²) in [6.07, 6.45) is 0.759. The molecule has 0 bridgehead atoms. The van der Waals surface area contributed by atoms with E-state index in [9.17, 15) is 8.42 Å². The fourth-order valence-electron chi connectivity index (χ4n) is 1.74. The van der Waals surface area contributed by atoms with Crippen molar-refractivity contribution in [2.45, 2.75) is 38.1 Å². The molecule has 0 heterocycles. The Morgan fingerprint density at radius 2 is 1.95 bits per heavy atom. The van der Waals surface area contributed by atoms with Crippen molar-refractivity contribution in [3.8, 4) is 0 Å². The number of sulfonamides is 1. The van der Waals surface area contributed by atoms with E-state index in [0.29, 0.717) is 25.4 Å². The maximum atomic E-state index is 12.2. The largest absolute Gasteiger partial charge is 0.380 e. The van der Waals surface area contributed by atoms with Gasteiger partial charge in [0, 0.05) is 19.2 Å². The quantitative estimate of drug-likeness (QED) is 0.734. The summed E-state index contributed by atoms with van der Waals surface area (Å²) in [6, 6.07) is 6.95. The van der Waals surface area contributed by atoms with Crippen LogP contribution >= 0.6 is 0 Å². The highest BCUT2D eigenvalue weighted by atomic mass is 32.2. The molecular formula is C14H24N2O3S. The number of rotatable bonds is 9. The van der Waals surface area contributed by atoms with Crippen LogP contribution in [-0.2, 0) is 14.8 Å². The number of hydrogen-bond acceptors (Lipinski definition) is 4. The van der Waals surface area contributed by atoms with E-state index < -0.39 is 10.0 Å². The molecule has 1 unspecified atom stereocenters. The maximum absolute atomic E-state index is 12.2. The molecule has 1 atom stereocenters. The van der Waals surface area contributed by atoms with E-state index in [1.165, 1.54) is 0 Å². The van der Waals surface area contributed by atoms with Crippen molar-refractivity contribution in [1.29, 1.82) is 0 Å². The number of para-hydroxylation sites is 1. The predicted octanol–water partition coefficient (Wildman–Crippen LogP) is 2.21. The average molecular weight is 300 g/mol. The average Bonchev–Trinajstić information content (AvgIpc) is 2.43. The first-order valence-corrected chi connectivity index (χ1v) is 8.42. The lowest BCUT2D eigenvalue weighted by Gasteiger charge is -2.18. The van der Waals surface area contributed by atoms with E-state index in [1.54, 1.807) is 18.2 Å². The molecule has 6 heteroatoms. The van der Waals surface area contributed by atoms with Crippen molar-refractivity contribution < 1.29 is 13.2 Å². The SMILES string of the molecule is CCCNS(=O)(=O)c1ccccc1NC(C)COCC. The summed E-state index contributed by atoms with van der Waals surface area (Å²) >= 11 is 0. The van der Waals surface area contributed by atoms with E-state index in [4.69, 9.17) is 4.74 Å². The van der Waals surface area contributed by atoms with Crippen LogP contribution < -0.4 is 10.0 Å². The van der Waals surface area contributed by atoms with Gasteiger partial charge in [-0.3, -0.25) is 0 Å². The van der Waals surface area contributed by atoms with Crippen LogP contribution in [0, 0.1) is 0 Å². The standard InChI is InChI=1S/C14H24N2O3S/c1-4-10-15-20(17,18)14-9-7-6-8-13(14)16-12(3)11-19-5-2/h6-9,12,15-16H,4-5,10-11H2,1-3H3. The van der Waals surface area contributed by atoms with Gasteiger partial charge in [-0.05, 0) is 32.4 Å². The molecule has 0 aliphatic heterocycles. The fraction of sp³-hybridized carbons (Fsp3) is 0.571. The molecule has 0 spiro atoms. The summed E-state index contributed by atoms with van der Waals surface area (Å²) in [5.74, 6) is 0. The molecule has 0 aromatic heterocycles. The van der Waals surface area contributed by atoms with Gasteiger partial charge in [-0.2, -0.15) is 0 Å². The van der Waals surface area contributed by atoms with E-state index in [2.05, 4.69) is 10.0 Å². The van der Waals surface area contributed by atoms with E-state index in [-0.39, 0.29) is 10.9 Å². The van der Waals surface area contributed by atoms with Gasteiger partial charge < -0.3 is 10.1 Å². The van der Waals surface area contributed by atoms with Crippen LogP contribution in [0.2, 0.25) is 0 Å². The first kappa shape index (κ1) is 16.9. The number of anilines is 1. The van der Waals surface area contributed by atoms with Gasteiger partial charge >= 0.3 is 0 Å². The van der Waals surface area contributed by atoms with Crippen LogP contribution in [0.3, 0.4) is 0 Å². The van der Waals surface area contributed by atoms with Crippen LogP contribution in [-0.4, -0.2) is 34.2 Å². The van der Waals surface area contributed by atoms with Gasteiger partial charge in [-0.1, -0.05) is 19.1 Å². The Kier molecular flexibility index (Phi) is 6.98. The Morgan fingerprint density at radius 3 is 2.60 bits per heavy atom. The number of nitrogens with one attached hydrogen (secondary N) is 2. The lowest BCUT2D eigenvalue weighted by atomic mass is 10.3. The van der Waals surface area contributed by atoms with Gasteiger partial charge in [-0.25, -0.2) is 13.1 Å². The highest BCUT2D eigenvalue weighted by Gasteiger charge is 2.18. The molecule has 0 saturated carbocycles. The summed E-state index contributed by atoms with van der Waals surface area (Å²) in [5, 5.41) is 3.18. The molecule has 1 aromatic carbocycles. The van der Waals surface area contributed by atoms with Crippen LogP contribution in [0.4, 0.5) is 5.69 Å². The molecule has 114 valence electrons. The third-order valence-electron chi connectivity index (χ3n) is 2.69. The molecule has 1 rings (SSSR count). The van der Waals surface area contributed by atoms with Gasteiger partial charge in [-0.15, -0.1) is 0 Å². The Hall–Kier alpha value is -1.11. The van der Waals surface area contributed by atoms with Crippen LogP contribution in [0.25, 0.3) is 0 Å². The zero-order chi connectivity index (χ0) is 15.0. The van der Waals surface area contributed by atoms with Crippen molar-refractivity contribution in [2.24, 2.45) is 0 Å². The molecule has 0 saturated heterocycles. The zero-order valence-electron chi connectivity index (χ0n) is 12.3. The van der Waals surface area contributed by atoms with Gasteiger partial charge in [0.15, 0.2) is 0 Å². The molecule has 0 amide bonds. The first-order chi connectivity index (χ1) is 9.51. The molecule has 2 N–H and O–H groups in total. The van der Waals surface area contributed by atoms with Crippen molar-refractivity contribution in [3.05, 3.63) is 24.3 Å². The van der Waals surface area contributed by atoms with E-state index >= 15 is 0 Å². The Balaban J connectivity index is 2.88. The summed E-state index contributed by atoms with van der Waals surface area (Å²) in [7, 11) is -3.47. The fourth-order valence-corrected chi connectivity index (χ4v) is 3.04. The monoisotopic (exact) mass is 300 g/mol. The minimum absolute atomic E-state index is 0.0393. The van der Waals surface area contributed by atoms with Crippen LogP contribution in [0.5, 0.6) is 0 Å². The van der Waals surface area contributed by atoms with E-state index in [1.807, 2.05) is 26.8 Å². The minimum Gasteiger partial charge on any atom is -0.380 e. The van der Waals surface area contributed by atoms with Crippen molar-refractivity contribution >= 4 is 15.7 Å². The minimum atomic E-state index is -3.47. The van der Waals surface area contributed by atoms with Gasteiger partial charge in [0.2, 0.25) is 10.0 Å². The molecule has 1 aromatic rings. The molecule has 0 radical (unpaired) electrons. The van der Waals surface area contributed by atoms with Gasteiger partial charge in [0.25, 0.3) is 0 Å². The van der Waals surface area contributed by atoms with Gasteiger partial charge in [0.05, 0.1) is 12.3 Å². The second-order valence-corrected chi connectivity index (χ2v) is 6.33. The lowest BCUT2D eigenvalue weighted by molar-refractivity contribution is 0.141. The molecule has 0 fully saturated rings. The number of ether oxygens (including phenoxy) is 1. The first-order valence-electron chi connectivity index (χ1n) is 6.94. The second-order valence-electron chi connectivity index (χ2n) is 4.60. The number of benzene rings is 1. The summed E-state index contributed by atoms with van der Waals surface area (Å²) in [5.41, 5.74) is 0.600. The number of hydrogen-bond donors (Lipinski definition) is 2. The molecule has 0 aliphatic rings. The lowest BCUT2D eigenvalue weighted by Crippen LogP contribution is -2.27. The Bertz CT molecular complexity index is 503. The molecule has 20 heavy (non-hydrogen) atoms. The summed E-state index contributed by atoms with van der Waals surface area (Å²) in [6.45, 7) is 7.43. The van der Waals surface area contributed by atoms with Crippen molar-refractivity contribution in [3.63, 3.8) is 0 Å². The Morgan fingerprint density at radius 1 is 1.25 bits per heavy atom. The van der Waals surface area contributed by atoms with Crippen LogP contribution in [0.15, 0.2) is 29.2 Å². The molecule has 5 nitrogen and oxygen atoms in total. The van der Waals surface area contributed by atoms with Crippen molar-refractivity contribution in [1.82, 2.24) is 4.72 Å². The van der Waals surface area contributed by atoms with Crippen molar-refractivity contribution in [2.75, 3.05) is 25.1 Å². The third-order valence-corrected chi connectivity index (χ3v) is 4.21. The van der Waals surface area contributed by atoms with Crippen LogP contribution in [0.1, 0.15) is 27.2 Å². The van der Waals surface area contributed by atoms with Gasteiger partial charge in [0.1, 0.15) is 4.90 Å². The third kappa shape index (κ3) is 5.11. The highest BCUT2D eigenvalue weighted by molar-refractivity contribution is 7.89. The summed E-state index contributed by atoms with van der Waals surface area (Å²) in [4.78, 5) is 0.275. The Labute approximate surface area is 121 Å². The topological polar surface area (TPSA) is 67.4 Å². The maximum Gasteiger partial charge on any atom is 0.242 e. The summed E-state index contributed by atoms with van der Waals surface area (Å²) < 4.78 is 32.4. The smallest absolute Gasteiger partial charge is 0.242 e. The normalized spacial score (nSPS) is 13.2. The molecule has 0 aliphatic carbocycles. The van der Waals surface area contributed by atoms with E-state index in [0.717, 1.165) is 6.42 Å². The highest BCUT2D eigenvalue weighted by Crippen LogP contribution is 2.21. The zero-order valence-corrected chi connectivity index (χ0v) is 13.2. The second kappa shape index (κ2) is 8.24. The predicted molar refractivity (Wildman–Crippen MR) is 81.5 cm³/mol. The molecular weight excluding hydrogens is 276 g/mol.